The third kappa shape index (κ3) is 4.42. The summed E-state index contributed by atoms with van der Waals surface area (Å²) >= 11 is 1.71. The van der Waals surface area contributed by atoms with E-state index >= 15 is 0 Å². The van der Waals surface area contributed by atoms with Crippen LogP contribution in [0.2, 0.25) is 0 Å². The highest BCUT2D eigenvalue weighted by molar-refractivity contribution is 7.07. The number of benzene rings is 1. The molecule has 1 aliphatic rings. The second kappa shape index (κ2) is 9.49. The molecule has 3 rings (SSSR count). The molecule has 1 aromatic carbocycles. The van der Waals surface area contributed by atoms with Crippen LogP contribution in [0.1, 0.15) is 43.9 Å². The van der Waals surface area contributed by atoms with Gasteiger partial charge in [0.05, 0.1) is 11.5 Å². The summed E-state index contributed by atoms with van der Waals surface area (Å²) in [6.07, 6.45) is 1.47. The molecule has 0 radical (unpaired) electrons. The van der Waals surface area contributed by atoms with Crippen molar-refractivity contribution >= 4 is 17.2 Å². The highest BCUT2D eigenvalue weighted by atomic mass is 32.1. The molecule has 1 fully saturated rings. The number of ether oxygens (including phenoxy) is 1. The van der Waals surface area contributed by atoms with Crippen LogP contribution in [-0.4, -0.2) is 43.7 Å². The van der Waals surface area contributed by atoms with Crippen molar-refractivity contribution < 1.29 is 9.53 Å². The van der Waals surface area contributed by atoms with Crippen molar-refractivity contribution in [2.75, 3.05) is 32.8 Å². The van der Waals surface area contributed by atoms with Gasteiger partial charge in [0.15, 0.2) is 0 Å². The molecule has 27 heavy (non-hydrogen) atoms. The molecular weight excluding hydrogens is 356 g/mol. The lowest BCUT2D eigenvalue weighted by Crippen LogP contribution is -2.50. The molecule has 0 aliphatic carbocycles. The zero-order valence-electron chi connectivity index (χ0n) is 16.3. The average molecular weight is 387 g/mol. The summed E-state index contributed by atoms with van der Waals surface area (Å²) in [4.78, 5) is 15.8. The van der Waals surface area contributed by atoms with E-state index in [4.69, 9.17) is 4.74 Å². The summed E-state index contributed by atoms with van der Waals surface area (Å²) in [5, 5.41) is 7.60. The first-order chi connectivity index (χ1) is 13.2. The highest BCUT2D eigenvalue weighted by Crippen LogP contribution is 2.35. The van der Waals surface area contributed by atoms with Crippen LogP contribution < -0.4 is 5.32 Å². The molecule has 1 atom stereocenters. The molecule has 5 heteroatoms. The van der Waals surface area contributed by atoms with Crippen LogP contribution in [0.5, 0.6) is 0 Å². The summed E-state index contributed by atoms with van der Waals surface area (Å²) in [7, 11) is 0. The first-order valence-corrected chi connectivity index (χ1v) is 10.8. The third-order valence-corrected chi connectivity index (χ3v) is 6.45. The minimum absolute atomic E-state index is 0.129. The van der Waals surface area contributed by atoms with Crippen LogP contribution in [0.3, 0.4) is 0 Å². The third-order valence-electron chi connectivity index (χ3n) is 5.74. The Morgan fingerprint density at radius 1 is 1.19 bits per heavy atom. The maximum absolute atomic E-state index is 13.4. The lowest BCUT2D eigenvalue weighted by atomic mass is 9.73. The number of rotatable bonds is 8. The molecule has 1 unspecified atom stereocenters. The molecule has 1 saturated heterocycles. The molecule has 0 saturated carbocycles. The van der Waals surface area contributed by atoms with Gasteiger partial charge in [-0.3, -0.25) is 9.69 Å². The van der Waals surface area contributed by atoms with Crippen molar-refractivity contribution in [3.8, 4) is 0 Å². The van der Waals surface area contributed by atoms with Gasteiger partial charge in [0.25, 0.3) is 0 Å². The van der Waals surface area contributed by atoms with E-state index in [1.165, 1.54) is 5.56 Å². The fourth-order valence-electron chi connectivity index (χ4n) is 4.07. The molecule has 0 bridgehead atoms. The molecule has 4 nitrogen and oxygen atoms in total. The Bertz CT molecular complexity index is 692. The Balaban J connectivity index is 1.78. The molecule has 2 aromatic rings. The fourth-order valence-corrected chi connectivity index (χ4v) is 4.78. The second-order valence-corrected chi connectivity index (χ2v) is 7.84. The number of amides is 1. The Morgan fingerprint density at radius 3 is 2.48 bits per heavy atom. The van der Waals surface area contributed by atoms with Gasteiger partial charge in [-0.05, 0) is 53.9 Å². The molecule has 1 N–H and O–H groups in total. The average Bonchev–Trinajstić information content (AvgIpc) is 3.26. The Kier molecular flexibility index (Phi) is 7.05. The number of carbonyl (C=O) groups excluding carboxylic acids is 1. The van der Waals surface area contributed by atoms with E-state index in [2.05, 4.69) is 53.0 Å². The molecular formula is C22H30N2O2S. The van der Waals surface area contributed by atoms with Crippen molar-refractivity contribution in [1.29, 1.82) is 0 Å². The van der Waals surface area contributed by atoms with Gasteiger partial charge >= 0.3 is 0 Å². The van der Waals surface area contributed by atoms with Gasteiger partial charge in [0.2, 0.25) is 5.91 Å². The summed E-state index contributed by atoms with van der Waals surface area (Å²) in [6, 6.07) is 12.6. The molecule has 0 spiro atoms. The summed E-state index contributed by atoms with van der Waals surface area (Å²) in [6.45, 7) is 8.17. The van der Waals surface area contributed by atoms with Crippen LogP contribution in [0.15, 0.2) is 47.2 Å². The standard InChI is InChI=1S/C22H30N2O2S/c1-3-24(4-2)20(18-10-15-27-17-18)16-23-21(25)22(11-13-26-14-12-22)19-8-6-5-7-9-19/h5-10,15,17,20H,3-4,11-14,16H2,1-2H3,(H,23,25). The van der Waals surface area contributed by atoms with Crippen molar-refractivity contribution in [2.24, 2.45) is 0 Å². The van der Waals surface area contributed by atoms with Crippen LogP contribution in [-0.2, 0) is 14.9 Å². The second-order valence-electron chi connectivity index (χ2n) is 7.06. The summed E-state index contributed by atoms with van der Waals surface area (Å²) in [5.41, 5.74) is 1.90. The molecule has 1 amide bonds. The van der Waals surface area contributed by atoms with Crippen LogP contribution in [0, 0.1) is 0 Å². The minimum atomic E-state index is -0.484. The number of hydrogen-bond acceptors (Lipinski definition) is 4. The van der Waals surface area contributed by atoms with Gasteiger partial charge in [-0.25, -0.2) is 0 Å². The Labute approximate surface area is 166 Å². The van der Waals surface area contributed by atoms with Gasteiger partial charge in [-0.1, -0.05) is 44.2 Å². The van der Waals surface area contributed by atoms with Gasteiger partial charge in [0, 0.05) is 19.8 Å². The number of likely N-dealkylation sites (N-methyl/N-ethyl adjacent to an activating group) is 1. The molecule has 1 aromatic heterocycles. The maximum Gasteiger partial charge on any atom is 0.230 e. The van der Waals surface area contributed by atoms with E-state index in [1.807, 2.05) is 18.2 Å². The largest absolute Gasteiger partial charge is 0.381 e. The lowest BCUT2D eigenvalue weighted by molar-refractivity contribution is -0.130. The SMILES string of the molecule is CCN(CC)C(CNC(=O)C1(c2ccccc2)CCOCC1)c1ccsc1. The van der Waals surface area contributed by atoms with E-state index in [0.717, 1.165) is 31.5 Å². The monoisotopic (exact) mass is 386 g/mol. The smallest absolute Gasteiger partial charge is 0.230 e. The van der Waals surface area contributed by atoms with E-state index in [9.17, 15) is 4.79 Å². The summed E-state index contributed by atoms with van der Waals surface area (Å²) in [5.74, 6) is 0.129. The van der Waals surface area contributed by atoms with Crippen LogP contribution in [0.4, 0.5) is 0 Å². The molecule has 2 heterocycles. The quantitative estimate of drug-likeness (QED) is 0.746. The molecule has 1 aliphatic heterocycles. The number of carbonyl (C=O) groups is 1. The van der Waals surface area contributed by atoms with E-state index in [1.54, 1.807) is 11.3 Å². The summed E-state index contributed by atoms with van der Waals surface area (Å²) < 4.78 is 5.57. The minimum Gasteiger partial charge on any atom is -0.381 e. The predicted molar refractivity (Wildman–Crippen MR) is 111 cm³/mol. The number of hydrogen-bond donors (Lipinski definition) is 1. The Hall–Kier alpha value is -1.69. The van der Waals surface area contributed by atoms with E-state index < -0.39 is 5.41 Å². The highest BCUT2D eigenvalue weighted by Gasteiger charge is 2.41. The van der Waals surface area contributed by atoms with Crippen molar-refractivity contribution in [2.45, 2.75) is 38.1 Å². The zero-order chi connectivity index (χ0) is 19.1. The normalized spacial score (nSPS) is 17.6. The van der Waals surface area contributed by atoms with E-state index in [-0.39, 0.29) is 11.9 Å². The zero-order valence-corrected chi connectivity index (χ0v) is 17.1. The van der Waals surface area contributed by atoms with Gasteiger partial charge in [-0.2, -0.15) is 11.3 Å². The van der Waals surface area contributed by atoms with E-state index in [0.29, 0.717) is 19.8 Å². The first kappa shape index (κ1) is 20.1. The number of nitrogens with zero attached hydrogens (tertiary/aromatic N) is 1. The maximum atomic E-state index is 13.4. The van der Waals surface area contributed by atoms with Crippen LogP contribution in [0.25, 0.3) is 0 Å². The van der Waals surface area contributed by atoms with Crippen molar-refractivity contribution in [3.63, 3.8) is 0 Å². The lowest BCUT2D eigenvalue weighted by Gasteiger charge is -2.37. The van der Waals surface area contributed by atoms with Gasteiger partial charge in [0.1, 0.15) is 0 Å². The number of nitrogens with one attached hydrogen (secondary N) is 1. The first-order valence-electron chi connectivity index (χ1n) is 9.89. The van der Waals surface area contributed by atoms with Gasteiger partial charge in [-0.15, -0.1) is 0 Å². The van der Waals surface area contributed by atoms with Crippen LogP contribution >= 0.6 is 11.3 Å². The fraction of sp³-hybridized carbons (Fsp3) is 0.500. The Morgan fingerprint density at radius 2 is 1.89 bits per heavy atom. The topological polar surface area (TPSA) is 41.6 Å². The molecule has 146 valence electrons. The van der Waals surface area contributed by atoms with Crippen molar-refractivity contribution in [1.82, 2.24) is 10.2 Å². The van der Waals surface area contributed by atoms with Crippen molar-refractivity contribution in [3.05, 3.63) is 58.3 Å². The van der Waals surface area contributed by atoms with Gasteiger partial charge < -0.3 is 10.1 Å². The number of thiophene rings is 1. The predicted octanol–water partition coefficient (Wildman–Crippen LogP) is 4.00.